The Bertz CT molecular complexity index is 807. The van der Waals surface area contributed by atoms with Crippen molar-refractivity contribution in [3.63, 3.8) is 0 Å². The summed E-state index contributed by atoms with van der Waals surface area (Å²) in [4.78, 5) is 33.7. The summed E-state index contributed by atoms with van der Waals surface area (Å²) in [6.45, 7) is 1.72. The number of amides is 1. The highest BCUT2D eigenvalue weighted by Gasteiger charge is 2.12. The van der Waals surface area contributed by atoms with Crippen LogP contribution in [0.25, 0.3) is 0 Å². The lowest BCUT2D eigenvalue weighted by Gasteiger charge is -2.11. The number of aryl methyl sites for hydroxylation is 1. The van der Waals surface area contributed by atoms with E-state index in [9.17, 15) is 24.8 Å². The number of benzene rings is 2. The van der Waals surface area contributed by atoms with E-state index >= 15 is 0 Å². The number of hydrogen-bond donors (Lipinski definition) is 1. The zero-order valence-corrected chi connectivity index (χ0v) is 13.5. The van der Waals surface area contributed by atoms with Gasteiger partial charge in [-0.2, -0.15) is 0 Å². The van der Waals surface area contributed by atoms with Gasteiger partial charge in [-0.25, -0.2) is 0 Å². The first kappa shape index (κ1) is 17.5. The molecule has 0 aliphatic heterocycles. The molecule has 0 heterocycles. The van der Waals surface area contributed by atoms with Gasteiger partial charge in [-0.3, -0.25) is 14.9 Å². The van der Waals surface area contributed by atoms with E-state index in [4.69, 9.17) is 0 Å². The van der Waals surface area contributed by atoms with Crippen molar-refractivity contribution in [2.45, 2.75) is 11.8 Å². The molecule has 1 N–H and O–H groups in total. The maximum absolute atomic E-state index is 12.0. The molecule has 0 radical (unpaired) electrons. The van der Waals surface area contributed by atoms with Crippen LogP contribution in [0.2, 0.25) is 0 Å². The number of nitro groups is 1. The zero-order valence-electron chi connectivity index (χ0n) is 12.6. The second-order valence-electron chi connectivity index (χ2n) is 4.88. The molecule has 1 amide bonds. The number of nitrogens with zero attached hydrogens (tertiary/aromatic N) is 1. The number of aromatic carboxylic acids is 1. The van der Waals surface area contributed by atoms with Crippen molar-refractivity contribution in [2.24, 2.45) is 0 Å². The van der Waals surface area contributed by atoms with E-state index < -0.39 is 16.8 Å². The van der Waals surface area contributed by atoms with Crippen LogP contribution in [0.5, 0.6) is 0 Å². The summed E-state index contributed by atoms with van der Waals surface area (Å²) in [5.41, 5.74) is 0.935. The zero-order chi connectivity index (χ0) is 17.7. The van der Waals surface area contributed by atoms with Gasteiger partial charge < -0.3 is 15.2 Å². The molecular weight excluding hydrogens is 332 g/mol. The van der Waals surface area contributed by atoms with Gasteiger partial charge in [0.25, 0.3) is 5.69 Å². The number of carboxylic acids is 1. The molecule has 0 spiro atoms. The molecule has 2 aromatic rings. The lowest BCUT2D eigenvalue weighted by molar-refractivity contribution is -0.384. The van der Waals surface area contributed by atoms with Gasteiger partial charge in [0.2, 0.25) is 5.91 Å². The van der Waals surface area contributed by atoms with Gasteiger partial charge >= 0.3 is 0 Å². The number of rotatable bonds is 6. The van der Waals surface area contributed by atoms with E-state index in [2.05, 4.69) is 5.32 Å². The van der Waals surface area contributed by atoms with Gasteiger partial charge in [0, 0.05) is 22.6 Å². The van der Waals surface area contributed by atoms with Crippen LogP contribution < -0.4 is 10.4 Å². The normalized spacial score (nSPS) is 10.2. The number of thioether (sulfide) groups is 1. The van der Waals surface area contributed by atoms with E-state index in [1.54, 1.807) is 31.2 Å². The minimum Gasteiger partial charge on any atom is -0.545 e. The summed E-state index contributed by atoms with van der Waals surface area (Å²) in [5, 5.41) is 24.4. The molecule has 0 saturated heterocycles. The Morgan fingerprint density at radius 2 is 1.92 bits per heavy atom. The summed E-state index contributed by atoms with van der Waals surface area (Å²) in [5.74, 6) is -1.74. The number of carbonyl (C=O) groups excluding carboxylic acids is 2. The maximum atomic E-state index is 12.0. The quantitative estimate of drug-likeness (QED) is 0.487. The maximum Gasteiger partial charge on any atom is 0.271 e. The van der Waals surface area contributed by atoms with Crippen molar-refractivity contribution in [1.29, 1.82) is 0 Å². The van der Waals surface area contributed by atoms with E-state index in [-0.39, 0.29) is 17.0 Å². The molecule has 0 aromatic heterocycles. The molecule has 0 saturated carbocycles. The number of anilines is 1. The van der Waals surface area contributed by atoms with Crippen LogP contribution in [0.15, 0.2) is 47.4 Å². The fourth-order valence-electron chi connectivity index (χ4n) is 1.95. The van der Waals surface area contributed by atoms with Crippen LogP contribution in [0, 0.1) is 17.0 Å². The van der Waals surface area contributed by atoms with Gasteiger partial charge in [-0.05, 0) is 18.6 Å². The van der Waals surface area contributed by atoms with E-state index in [1.807, 2.05) is 0 Å². The van der Waals surface area contributed by atoms with Gasteiger partial charge in [-0.15, -0.1) is 11.8 Å². The monoisotopic (exact) mass is 345 g/mol. The fourth-order valence-corrected chi connectivity index (χ4v) is 2.79. The largest absolute Gasteiger partial charge is 0.545 e. The molecule has 124 valence electrons. The Balaban J connectivity index is 2.06. The number of carbonyl (C=O) groups is 2. The highest BCUT2D eigenvalue weighted by molar-refractivity contribution is 8.00. The Morgan fingerprint density at radius 3 is 2.58 bits per heavy atom. The van der Waals surface area contributed by atoms with E-state index in [0.29, 0.717) is 16.1 Å². The Kier molecular flexibility index (Phi) is 5.54. The van der Waals surface area contributed by atoms with Crippen LogP contribution >= 0.6 is 11.8 Å². The smallest absolute Gasteiger partial charge is 0.271 e. The topological polar surface area (TPSA) is 112 Å². The van der Waals surface area contributed by atoms with Gasteiger partial charge in [0.1, 0.15) is 0 Å². The average Bonchev–Trinajstić information content (AvgIpc) is 2.55. The van der Waals surface area contributed by atoms with Crippen LogP contribution in [-0.2, 0) is 4.79 Å². The summed E-state index contributed by atoms with van der Waals surface area (Å²) < 4.78 is 0. The van der Waals surface area contributed by atoms with E-state index in [1.165, 1.54) is 18.2 Å². The summed E-state index contributed by atoms with van der Waals surface area (Å²) in [6, 6.07) is 10.4. The molecule has 2 aromatic carbocycles. The minimum atomic E-state index is -1.31. The third kappa shape index (κ3) is 4.32. The first-order valence-corrected chi connectivity index (χ1v) is 7.85. The van der Waals surface area contributed by atoms with Crippen LogP contribution in [-0.4, -0.2) is 22.6 Å². The standard InChI is InChI=1S/C16H14N2O5S/c1-10-6-7-11(18(22)23)8-13(10)17-15(19)9-24-14-5-3-2-4-12(14)16(20)21/h2-8H,9H2,1H3,(H,17,19)(H,20,21)/p-1. The summed E-state index contributed by atoms with van der Waals surface area (Å²) in [7, 11) is 0. The van der Waals surface area contributed by atoms with Crippen molar-refractivity contribution >= 4 is 35.0 Å². The number of nitrogens with one attached hydrogen (secondary N) is 1. The predicted octanol–water partition coefficient (Wildman–Crippen LogP) is 2.00. The van der Waals surface area contributed by atoms with Gasteiger partial charge in [0.05, 0.1) is 22.3 Å². The summed E-state index contributed by atoms with van der Waals surface area (Å²) >= 11 is 1.05. The van der Waals surface area contributed by atoms with E-state index in [0.717, 1.165) is 11.8 Å². The van der Waals surface area contributed by atoms with Crippen molar-refractivity contribution in [3.05, 3.63) is 63.7 Å². The molecule has 8 heteroatoms. The lowest BCUT2D eigenvalue weighted by atomic mass is 10.2. The number of nitro benzene ring substituents is 1. The first-order valence-electron chi connectivity index (χ1n) is 6.86. The molecule has 0 aliphatic carbocycles. The molecule has 0 fully saturated rings. The molecule has 0 aliphatic rings. The predicted molar refractivity (Wildman–Crippen MR) is 88.0 cm³/mol. The molecule has 0 atom stereocenters. The lowest BCUT2D eigenvalue weighted by Crippen LogP contribution is -2.23. The van der Waals surface area contributed by atoms with Gasteiger partial charge in [-0.1, -0.05) is 24.3 Å². The summed E-state index contributed by atoms with van der Waals surface area (Å²) in [6.07, 6.45) is 0. The third-order valence-corrected chi connectivity index (χ3v) is 4.25. The van der Waals surface area contributed by atoms with Crippen molar-refractivity contribution in [2.75, 3.05) is 11.1 Å². The fraction of sp³-hybridized carbons (Fsp3) is 0.125. The van der Waals surface area contributed by atoms with Crippen LogP contribution in [0.3, 0.4) is 0 Å². The highest BCUT2D eigenvalue weighted by Crippen LogP contribution is 2.24. The van der Waals surface area contributed by atoms with Gasteiger partial charge in [0.15, 0.2) is 0 Å². The SMILES string of the molecule is Cc1ccc([N+](=O)[O-])cc1NC(=O)CSc1ccccc1C(=O)[O-]. The number of non-ortho nitro benzene ring substituents is 1. The minimum absolute atomic E-state index is 0.0156. The van der Waals surface area contributed by atoms with Crippen molar-refractivity contribution in [1.82, 2.24) is 0 Å². The Labute approximate surface area is 141 Å². The number of hydrogen-bond acceptors (Lipinski definition) is 6. The average molecular weight is 345 g/mol. The van der Waals surface area contributed by atoms with Crippen molar-refractivity contribution in [3.8, 4) is 0 Å². The molecule has 2 rings (SSSR count). The second kappa shape index (κ2) is 7.60. The molecule has 0 bridgehead atoms. The second-order valence-corrected chi connectivity index (χ2v) is 5.89. The number of carboxylic acid groups (broad SMARTS) is 1. The Morgan fingerprint density at radius 1 is 1.21 bits per heavy atom. The molecule has 24 heavy (non-hydrogen) atoms. The van der Waals surface area contributed by atoms with Crippen molar-refractivity contribution < 1.29 is 19.6 Å². The first-order chi connectivity index (χ1) is 11.4. The third-order valence-electron chi connectivity index (χ3n) is 3.17. The Hall–Kier alpha value is -2.87. The van der Waals surface area contributed by atoms with Crippen LogP contribution in [0.4, 0.5) is 11.4 Å². The molecule has 0 unspecified atom stereocenters. The molecule has 7 nitrogen and oxygen atoms in total. The highest BCUT2D eigenvalue weighted by atomic mass is 32.2. The molecular formula is C16H13N2O5S-. The van der Waals surface area contributed by atoms with Crippen LogP contribution in [0.1, 0.15) is 15.9 Å².